The fourth-order valence-electron chi connectivity index (χ4n) is 2.57. The van der Waals surface area contributed by atoms with Crippen molar-refractivity contribution < 1.29 is 9.59 Å². The number of nitrogens with one attached hydrogen (secondary N) is 3. The molecule has 1 aliphatic rings. The summed E-state index contributed by atoms with van der Waals surface area (Å²) in [6, 6.07) is 10.6. The first-order valence-electron chi connectivity index (χ1n) is 7.54. The number of pyridine rings is 1. The number of carbonyl (C=O) groups is 2. The van der Waals surface area contributed by atoms with E-state index in [1.165, 1.54) is 0 Å². The first-order valence-corrected chi connectivity index (χ1v) is 7.54. The number of aromatic nitrogens is 1. The number of nitrogens with zero attached hydrogens (tertiary/aromatic N) is 1. The molecule has 0 saturated heterocycles. The van der Waals surface area contributed by atoms with Crippen molar-refractivity contribution in [2.75, 3.05) is 18.4 Å². The second-order valence-corrected chi connectivity index (χ2v) is 5.35. The molecule has 1 aromatic heterocycles. The number of hydrogen-bond donors (Lipinski definition) is 3. The molecule has 6 nitrogen and oxygen atoms in total. The molecule has 0 spiro atoms. The van der Waals surface area contributed by atoms with Crippen LogP contribution in [-0.2, 0) is 11.2 Å². The lowest BCUT2D eigenvalue weighted by atomic mass is 9.95. The van der Waals surface area contributed by atoms with Gasteiger partial charge in [-0.25, -0.2) is 0 Å². The smallest absolute Gasteiger partial charge is 0.252 e. The minimum atomic E-state index is -0.518. The molecule has 2 aromatic rings. The summed E-state index contributed by atoms with van der Waals surface area (Å²) < 4.78 is 0. The molecule has 0 saturated carbocycles. The largest absolute Gasteiger partial charge is 0.382 e. The second kappa shape index (κ2) is 6.91. The van der Waals surface area contributed by atoms with Crippen LogP contribution in [-0.4, -0.2) is 35.9 Å². The molecule has 6 heteroatoms. The van der Waals surface area contributed by atoms with Crippen molar-refractivity contribution in [3.63, 3.8) is 0 Å². The standard InChI is InChI=1S/C17H18N4O2/c22-16-14-6-2-1-4-12(14)10-15(21-16)17(23)20-9-8-19-13-5-3-7-18-11-13/h1-7,11,15,19H,8-10H2,(H,20,23)(H,21,22). The summed E-state index contributed by atoms with van der Waals surface area (Å²) >= 11 is 0. The van der Waals surface area contributed by atoms with Crippen LogP contribution in [0.4, 0.5) is 5.69 Å². The van der Waals surface area contributed by atoms with Crippen LogP contribution in [0.15, 0.2) is 48.8 Å². The molecule has 1 unspecified atom stereocenters. The van der Waals surface area contributed by atoms with E-state index in [0.29, 0.717) is 25.1 Å². The van der Waals surface area contributed by atoms with E-state index in [1.54, 1.807) is 18.5 Å². The van der Waals surface area contributed by atoms with Gasteiger partial charge in [0.25, 0.3) is 5.91 Å². The zero-order chi connectivity index (χ0) is 16.1. The van der Waals surface area contributed by atoms with E-state index >= 15 is 0 Å². The maximum absolute atomic E-state index is 12.2. The summed E-state index contributed by atoms with van der Waals surface area (Å²) in [4.78, 5) is 28.2. The van der Waals surface area contributed by atoms with Crippen molar-refractivity contribution in [3.05, 3.63) is 59.9 Å². The Kier molecular flexibility index (Phi) is 4.52. The third kappa shape index (κ3) is 3.66. The highest BCUT2D eigenvalue weighted by Gasteiger charge is 2.28. The molecule has 0 aliphatic carbocycles. The Morgan fingerprint density at radius 1 is 1.22 bits per heavy atom. The summed E-state index contributed by atoms with van der Waals surface area (Å²) in [7, 11) is 0. The van der Waals surface area contributed by atoms with Gasteiger partial charge >= 0.3 is 0 Å². The Balaban J connectivity index is 1.49. The van der Waals surface area contributed by atoms with Crippen LogP contribution in [0.3, 0.4) is 0 Å². The number of benzene rings is 1. The molecular formula is C17H18N4O2. The minimum absolute atomic E-state index is 0.166. The highest BCUT2D eigenvalue weighted by molar-refractivity contribution is 6.00. The molecule has 0 radical (unpaired) electrons. The maximum Gasteiger partial charge on any atom is 0.252 e. The Morgan fingerprint density at radius 3 is 2.91 bits per heavy atom. The monoisotopic (exact) mass is 310 g/mol. The van der Waals surface area contributed by atoms with Crippen LogP contribution >= 0.6 is 0 Å². The first kappa shape index (κ1) is 15.0. The minimum Gasteiger partial charge on any atom is -0.382 e. The van der Waals surface area contributed by atoms with Gasteiger partial charge in [0.15, 0.2) is 0 Å². The van der Waals surface area contributed by atoms with Crippen LogP contribution in [0, 0.1) is 0 Å². The van der Waals surface area contributed by atoms with Gasteiger partial charge in [0, 0.05) is 37.5 Å². The Hall–Kier alpha value is -2.89. The van der Waals surface area contributed by atoms with E-state index in [4.69, 9.17) is 0 Å². The third-order valence-corrected chi connectivity index (χ3v) is 3.72. The zero-order valence-electron chi connectivity index (χ0n) is 12.6. The summed E-state index contributed by atoms with van der Waals surface area (Å²) in [5, 5.41) is 8.75. The lowest BCUT2D eigenvalue weighted by Crippen LogP contribution is -2.51. The lowest BCUT2D eigenvalue weighted by molar-refractivity contribution is -0.122. The normalized spacial score (nSPS) is 16.2. The quantitative estimate of drug-likeness (QED) is 0.719. The van der Waals surface area contributed by atoms with Crippen molar-refractivity contribution >= 4 is 17.5 Å². The topological polar surface area (TPSA) is 83.1 Å². The molecule has 3 N–H and O–H groups in total. The molecule has 2 heterocycles. The van der Waals surface area contributed by atoms with Crippen LogP contribution in [0.1, 0.15) is 15.9 Å². The van der Waals surface area contributed by atoms with Crippen LogP contribution < -0.4 is 16.0 Å². The number of rotatable bonds is 5. The fraction of sp³-hybridized carbons (Fsp3) is 0.235. The van der Waals surface area contributed by atoms with E-state index in [-0.39, 0.29) is 11.8 Å². The van der Waals surface area contributed by atoms with Gasteiger partial charge in [0.1, 0.15) is 6.04 Å². The summed E-state index contributed by atoms with van der Waals surface area (Å²) in [6.45, 7) is 1.07. The highest BCUT2D eigenvalue weighted by Crippen LogP contribution is 2.16. The molecule has 0 bridgehead atoms. The Morgan fingerprint density at radius 2 is 2.09 bits per heavy atom. The summed E-state index contributed by atoms with van der Waals surface area (Å²) in [5.41, 5.74) is 2.46. The molecule has 0 fully saturated rings. The van der Waals surface area contributed by atoms with Crippen molar-refractivity contribution in [3.8, 4) is 0 Å². The fourth-order valence-corrected chi connectivity index (χ4v) is 2.57. The molecule has 23 heavy (non-hydrogen) atoms. The van der Waals surface area contributed by atoms with Crippen LogP contribution in [0.2, 0.25) is 0 Å². The van der Waals surface area contributed by atoms with Crippen molar-refractivity contribution in [2.24, 2.45) is 0 Å². The number of amides is 2. The van der Waals surface area contributed by atoms with Gasteiger partial charge in [-0.05, 0) is 23.8 Å². The van der Waals surface area contributed by atoms with E-state index in [1.807, 2.05) is 30.3 Å². The van der Waals surface area contributed by atoms with Gasteiger partial charge in [0.05, 0.1) is 5.69 Å². The van der Waals surface area contributed by atoms with Gasteiger partial charge in [-0.15, -0.1) is 0 Å². The van der Waals surface area contributed by atoms with E-state index in [9.17, 15) is 9.59 Å². The molecular weight excluding hydrogens is 292 g/mol. The Bertz CT molecular complexity index is 703. The predicted molar refractivity (Wildman–Crippen MR) is 87.1 cm³/mol. The van der Waals surface area contributed by atoms with E-state index < -0.39 is 6.04 Å². The van der Waals surface area contributed by atoms with Crippen LogP contribution in [0.5, 0.6) is 0 Å². The Labute approximate surface area is 134 Å². The number of hydrogen-bond acceptors (Lipinski definition) is 4. The first-order chi connectivity index (χ1) is 11.2. The highest BCUT2D eigenvalue weighted by atomic mass is 16.2. The lowest BCUT2D eigenvalue weighted by Gasteiger charge is -2.24. The van der Waals surface area contributed by atoms with Gasteiger partial charge in [-0.2, -0.15) is 0 Å². The van der Waals surface area contributed by atoms with Gasteiger partial charge in [-0.1, -0.05) is 18.2 Å². The number of anilines is 1. The number of carbonyl (C=O) groups excluding carboxylic acids is 2. The van der Waals surface area contributed by atoms with Gasteiger partial charge in [-0.3, -0.25) is 14.6 Å². The third-order valence-electron chi connectivity index (χ3n) is 3.72. The second-order valence-electron chi connectivity index (χ2n) is 5.35. The average Bonchev–Trinajstić information content (AvgIpc) is 2.59. The zero-order valence-corrected chi connectivity index (χ0v) is 12.6. The van der Waals surface area contributed by atoms with Crippen molar-refractivity contribution in [2.45, 2.75) is 12.5 Å². The molecule has 1 atom stereocenters. The van der Waals surface area contributed by atoms with Crippen LogP contribution in [0.25, 0.3) is 0 Å². The molecule has 2 amide bonds. The maximum atomic E-state index is 12.2. The predicted octanol–water partition coefficient (Wildman–Crippen LogP) is 0.964. The molecule has 118 valence electrons. The van der Waals surface area contributed by atoms with Gasteiger partial charge in [0.2, 0.25) is 5.91 Å². The van der Waals surface area contributed by atoms with E-state index in [0.717, 1.165) is 11.3 Å². The number of fused-ring (bicyclic) bond motifs is 1. The molecule has 1 aliphatic heterocycles. The van der Waals surface area contributed by atoms with Crippen molar-refractivity contribution in [1.29, 1.82) is 0 Å². The summed E-state index contributed by atoms with van der Waals surface area (Å²) in [5.74, 6) is -0.360. The van der Waals surface area contributed by atoms with E-state index in [2.05, 4.69) is 20.9 Å². The average molecular weight is 310 g/mol. The summed E-state index contributed by atoms with van der Waals surface area (Å²) in [6.07, 6.45) is 3.94. The van der Waals surface area contributed by atoms with Crippen molar-refractivity contribution in [1.82, 2.24) is 15.6 Å². The SMILES string of the molecule is O=C1NC(C(=O)NCCNc2cccnc2)Cc2ccccc21. The molecule has 3 rings (SSSR count). The molecule has 1 aromatic carbocycles. The van der Waals surface area contributed by atoms with Gasteiger partial charge < -0.3 is 16.0 Å².